The van der Waals surface area contributed by atoms with Gasteiger partial charge in [0.2, 0.25) is 9.84 Å². The fraction of sp³-hybridized carbons (Fsp3) is 0.294. The monoisotopic (exact) mass is 346 g/mol. The molecule has 24 heavy (non-hydrogen) atoms. The van der Waals surface area contributed by atoms with Crippen LogP contribution in [0.4, 0.5) is 0 Å². The Hall–Kier alpha value is -2.09. The highest BCUT2D eigenvalue weighted by Gasteiger charge is 2.27. The summed E-state index contributed by atoms with van der Waals surface area (Å²) in [6, 6.07) is 4.99. The second kappa shape index (κ2) is 5.77. The Morgan fingerprint density at radius 2 is 2.21 bits per heavy atom. The summed E-state index contributed by atoms with van der Waals surface area (Å²) in [5, 5.41) is 3.06. The van der Waals surface area contributed by atoms with Crippen molar-refractivity contribution >= 4 is 9.84 Å². The lowest BCUT2D eigenvalue weighted by Crippen LogP contribution is -2.30. The summed E-state index contributed by atoms with van der Waals surface area (Å²) >= 11 is 0. The quantitative estimate of drug-likeness (QED) is 0.876. The highest BCUT2D eigenvalue weighted by Crippen LogP contribution is 2.31. The summed E-state index contributed by atoms with van der Waals surface area (Å²) in [5.41, 5.74) is 1.69. The smallest absolute Gasteiger partial charge is 0.206 e. The predicted molar refractivity (Wildman–Crippen MR) is 88.8 cm³/mol. The van der Waals surface area contributed by atoms with Crippen LogP contribution in [0.5, 0.6) is 5.75 Å². The van der Waals surface area contributed by atoms with E-state index in [1.807, 2.05) is 18.1 Å². The van der Waals surface area contributed by atoms with Gasteiger partial charge in [0.25, 0.3) is 0 Å². The molecule has 0 fully saturated rings. The van der Waals surface area contributed by atoms with E-state index in [1.165, 1.54) is 0 Å². The number of nitrogens with one attached hydrogen (secondary N) is 1. The molecule has 3 aliphatic rings. The zero-order valence-electron chi connectivity index (χ0n) is 13.2. The van der Waals surface area contributed by atoms with Crippen molar-refractivity contribution in [2.75, 3.05) is 20.5 Å². The summed E-state index contributed by atoms with van der Waals surface area (Å²) in [6.07, 6.45) is 6.83. The van der Waals surface area contributed by atoms with Crippen molar-refractivity contribution in [1.29, 1.82) is 0 Å². The third kappa shape index (κ3) is 2.64. The number of allylic oxidation sites excluding steroid dienone is 1. The van der Waals surface area contributed by atoms with Crippen molar-refractivity contribution in [2.24, 2.45) is 0 Å². The molecule has 2 heterocycles. The maximum absolute atomic E-state index is 13.0. The highest BCUT2D eigenvalue weighted by molar-refractivity contribution is 7.95. The van der Waals surface area contributed by atoms with E-state index in [2.05, 4.69) is 5.32 Å². The number of benzene rings is 1. The Kier molecular flexibility index (Phi) is 3.71. The van der Waals surface area contributed by atoms with Crippen LogP contribution < -0.4 is 10.1 Å². The lowest BCUT2D eigenvalue weighted by atomic mass is 10.0. The molecule has 1 aromatic rings. The first-order valence-corrected chi connectivity index (χ1v) is 9.17. The molecule has 0 radical (unpaired) electrons. The molecule has 1 aromatic carbocycles. The minimum atomic E-state index is -3.59. The van der Waals surface area contributed by atoms with Crippen LogP contribution in [0.2, 0.25) is 0 Å². The van der Waals surface area contributed by atoms with Gasteiger partial charge in [0.1, 0.15) is 25.3 Å². The van der Waals surface area contributed by atoms with E-state index in [4.69, 9.17) is 9.47 Å². The van der Waals surface area contributed by atoms with Gasteiger partial charge in [-0.25, -0.2) is 8.42 Å². The maximum atomic E-state index is 13.0. The van der Waals surface area contributed by atoms with Gasteiger partial charge in [0.05, 0.1) is 9.80 Å². The van der Waals surface area contributed by atoms with Gasteiger partial charge in [0.15, 0.2) is 0 Å². The SMILES string of the molecule is CN1C=C2C=C(S(=O)(=O)c3ccc4c(c3)CNCO4)C=CC2OC1. The molecule has 7 heteroatoms. The second-order valence-electron chi connectivity index (χ2n) is 6.00. The Morgan fingerprint density at radius 1 is 1.33 bits per heavy atom. The van der Waals surface area contributed by atoms with Crippen LogP contribution in [0.25, 0.3) is 0 Å². The second-order valence-corrected chi connectivity index (χ2v) is 7.95. The fourth-order valence-corrected chi connectivity index (χ4v) is 4.33. The van der Waals surface area contributed by atoms with E-state index in [9.17, 15) is 8.42 Å². The van der Waals surface area contributed by atoms with Crippen LogP contribution in [-0.2, 0) is 21.1 Å². The molecule has 0 saturated heterocycles. The van der Waals surface area contributed by atoms with Gasteiger partial charge < -0.3 is 14.4 Å². The zero-order valence-corrected chi connectivity index (χ0v) is 14.0. The molecule has 126 valence electrons. The molecule has 0 spiro atoms. The molecular formula is C17H18N2O4S. The molecule has 1 unspecified atom stereocenters. The van der Waals surface area contributed by atoms with E-state index in [0.717, 1.165) is 16.9 Å². The van der Waals surface area contributed by atoms with Crippen LogP contribution in [-0.4, -0.2) is 39.9 Å². The molecule has 0 bridgehead atoms. The fourth-order valence-electron chi connectivity index (χ4n) is 2.96. The third-order valence-corrected chi connectivity index (χ3v) is 5.95. The van der Waals surface area contributed by atoms with Gasteiger partial charge >= 0.3 is 0 Å². The molecule has 1 atom stereocenters. The van der Waals surface area contributed by atoms with Crippen LogP contribution in [0.1, 0.15) is 5.56 Å². The molecule has 1 aliphatic carbocycles. The van der Waals surface area contributed by atoms with Gasteiger partial charge in [-0.05, 0) is 36.4 Å². The lowest BCUT2D eigenvalue weighted by Gasteiger charge is -2.29. The topological polar surface area (TPSA) is 67.9 Å². The van der Waals surface area contributed by atoms with E-state index < -0.39 is 9.84 Å². The van der Waals surface area contributed by atoms with Crippen molar-refractivity contribution in [3.63, 3.8) is 0 Å². The van der Waals surface area contributed by atoms with Crippen LogP contribution in [0, 0.1) is 0 Å². The normalized spacial score (nSPS) is 22.9. The first-order chi connectivity index (χ1) is 11.5. The number of sulfone groups is 1. The summed E-state index contributed by atoms with van der Waals surface area (Å²) in [5.74, 6) is 0.728. The molecule has 0 saturated carbocycles. The first-order valence-electron chi connectivity index (χ1n) is 7.69. The highest BCUT2D eigenvalue weighted by atomic mass is 32.2. The average molecular weight is 346 g/mol. The van der Waals surface area contributed by atoms with Crippen molar-refractivity contribution < 1.29 is 17.9 Å². The van der Waals surface area contributed by atoms with Gasteiger partial charge in [-0.1, -0.05) is 0 Å². The van der Waals surface area contributed by atoms with Crippen LogP contribution >= 0.6 is 0 Å². The summed E-state index contributed by atoms with van der Waals surface area (Å²) in [6.45, 7) is 1.53. The summed E-state index contributed by atoms with van der Waals surface area (Å²) < 4.78 is 37.0. The molecule has 0 aromatic heterocycles. The molecular weight excluding hydrogens is 328 g/mol. The van der Waals surface area contributed by atoms with Crippen LogP contribution in [0.15, 0.2) is 58.0 Å². The molecule has 4 rings (SSSR count). The standard InChI is InChI=1S/C17H18N2O4S/c1-19-9-13-7-15(3-5-17(13)23-11-19)24(20,21)14-2-4-16-12(6-14)8-18-10-22-16/h2-7,9,17-18H,8,10-11H2,1H3. The number of ether oxygens (including phenoxy) is 2. The minimum absolute atomic E-state index is 0.179. The van der Waals surface area contributed by atoms with E-state index in [-0.39, 0.29) is 15.9 Å². The molecule has 0 amide bonds. The Morgan fingerprint density at radius 3 is 3.08 bits per heavy atom. The number of fused-ring (bicyclic) bond motifs is 2. The molecule has 6 nitrogen and oxygen atoms in total. The first kappa shape index (κ1) is 15.4. The number of rotatable bonds is 2. The summed E-state index contributed by atoms with van der Waals surface area (Å²) in [4.78, 5) is 2.43. The Labute approximate surface area is 141 Å². The Bertz CT molecular complexity index is 871. The lowest BCUT2D eigenvalue weighted by molar-refractivity contribution is 0.0295. The van der Waals surface area contributed by atoms with Crippen molar-refractivity contribution in [3.8, 4) is 5.75 Å². The number of hydrogen-bond donors (Lipinski definition) is 1. The van der Waals surface area contributed by atoms with Crippen molar-refractivity contribution in [3.05, 3.63) is 58.7 Å². The van der Waals surface area contributed by atoms with Gasteiger partial charge in [-0.3, -0.25) is 5.32 Å². The van der Waals surface area contributed by atoms with Gasteiger partial charge in [-0.15, -0.1) is 0 Å². The van der Waals surface area contributed by atoms with E-state index in [0.29, 0.717) is 20.0 Å². The maximum Gasteiger partial charge on any atom is 0.206 e. The number of nitrogens with zero attached hydrogens (tertiary/aromatic N) is 1. The minimum Gasteiger partial charge on any atom is -0.478 e. The zero-order chi connectivity index (χ0) is 16.7. The average Bonchev–Trinajstić information content (AvgIpc) is 2.60. The summed E-state index contributed by atoms with van der Waals surface area (Å²) in [7, 11) is -1.70. The molecule has 1 N–H and O–H groups in total. The van der Waals surface area contributed by atoms with E-state index in [1.54, 1.807) is 36.4 Å². The van der Waals surface area contributed by atoms with Gasteiger partial charge in [0, 0.05) is 30.9 Å². The van der Waals surface area contributed by atoms with Crippen molar-refractivity contribution in [2.45, 2.75) is 17.5 Å². The third-order valence-electron chi connectivity index (χ3n) is 4.20. The predicted octanol–water partition coefficient (Wildman–Crippen LogP) is 1.53. The van der Waals surface area contributed by atoms with Crippen molar-refractivity contribution in [1.82, 2.24) is 10.2 Å². The van der Waals surface area contributed by atoms with Crippen LogP contribution in [0.3, 0.4) is 0 Å². The Balaban J connectivity index is 1.72. The molecule has 2 aliphatic heterocycles. The van der Waals surface area contributed by atoms with Gasteiger partial charge in [-0.2, -0.15) is 0 Å². The number of hydrogen-bond acceptors (Lipinski definition) is 6. The van der Waals surface area contributed by atoms with E-state index >= 15 is 0 Å². The largest absolute Gasteiger partial charge is 0.478 e.